The van der Waals surface area contributed by atoms with Crippen molar-refractivity contribution in [2.75, 3.05) is 14.2 Å². The van der Waals surface area contributed by atoms with Crippen molar-refractivity contribution in [1.82, 2.24) is 4.98 Å². The number of H-pyrrole nitrogens is 1. The van der Waals surface area contributed by atoms with Crippen LogP contribution in [0.2, 0.25) is 0 Å². The minimum atomic E-state index is -0.553. The van der Waals surface area contributed by atoms with Gasteiger partial charge in [-0.1, -0.05) is 12.2 Å². The molecule has 108 valence electrons. The molecule has 0 aliphatic heterocycles. The molecule has 1 N–H and O–H groups in total. The number of carbonyl (C=O) groups is 2. The van der Waals surface area contributed by atoms with Gasteiger partial charge in [0.05, 0.1) is 25.3 Å². The molecule has 0 amide bonds. The fraction of sp³-hybridized carbons (Fsp3) is 0.250. The normalized spacial score (nSPS) is 13.0. The van der Waals surface area contributed by atoms with Crippen molar-refractivity contribution in [3.8, 4) is 0 Å². The summed E-state index contributed by atoms with van der Waals surface area (Å²) in [5.41, 5.74) is 3.55. The molecule has 0 saturated carbocycles. The second-order valence-corrected chi connectivity index (χ2v) is 4.89. The maximum absolute atomic E-state index is 11.9. The zero-order chi connectivity index (χ0) is 15.0. The Kier molecular flexibility index (Phi) is 3.25. The zero-order valence-corrected chi connectivity index (χ0v) is 11.9. The van der Waals surface area contributed by atoms with Crippen LogP contribution in [0.5, 0.6) is 0 Å². The molecule has 0 radical (unpaired) electrons. The number of methoxy groups -OCH3 is 2. The summed E-state index contributed by atoms with van der Waals surface area (Å²) in [7, 11) is 2.58. The van der Waals surface area contributed by atoms with Gasteiger partial charge in [-0.05, 0) is 24.1 Å². The Hall–Kier alpha value is -2.56. The van der Waals surface area contributed by atoms with Gasteiger partial charge in [-0.3, -0.25) is 0 Å². The number of allylic oxidation sites excluding steroid dienone is 2. The predicted molar refractivity (Wildman–Crippen MR) is 77.5 cm³/mol. The Morgan fingerprint density at radius 2 is 1.62 bits per heavy atom. The van der Waals surface area contributed by atoms with Gasteiger partial charge in [0, 0.05) is 23.0 Å². The molecule has 1 aliphatic carbocycles. The van der Waals surface area contributed by atoms with Crippen LogP contribution in [0, 0.1) is 0 Å². The molecule has 1 heterocycles. The second kappa shape index (κ2) is 5.09. The van der Waals surface area contributed by atoms with Crippen molar-refractivity contribution in [2.45, 2.75) is 12.8 Å². The summed E-state index contributed by atoms with van der Waals surface area (Å²) in [5, 5.41) is 0.947. The summed E-state index contributed by atoms with van der Waals surface area (Å²) in [6.07, 6.45) is 5.83. The lowest BCUT2D eigenvalue weighted by molar-refractivity contribution is 0.0555. The highest BCUT2D eigenvalue weighted by molar-refractivity contribution is 6.07. The van der Waals surface area contributed by atoms with Crippen molar-refractivity contribution in [1.29, 1.82) is 0 Å². The number of esters is 2. The smallest absolute Gasteiger partial charge is 0.338 e. The van der Waals surface area contributed by atoms with Crippen LogP contribution >= 0.6 is 0 Å². The molecule has 1 aromatic heterocycles. The summed E-state index contributed by atoms with van der Waals surface area (Å²) in [5.74, 6) is -1.10. The average molecular weight is 285 g/mol. The maximum atomic E-state index is 11.9. The van der Waals surface area contributed by atoms with Crippen molar-refractivity contribution < 1.29 is 19.1 Å². The van der Waals surface area contributed by atoms with Crippen molar-refractivity contribution in [3.05, 3.63) is 46.7 Å². The number of rotatable bonds is 2. The van der Waals surface area contributed by atoms with Crippen molar-refractivity contribution in [3.63, 3.8) is 0 Å². The highest BCUT2D eigenvalue weighted by atomic mass is 16.5. The topological polar surface area (TPSA) is 68.4 Å². The first kappa shape index (κ1) is 13.4. The molecule has 1 aliphatic rings. The van der Waals surface area contributed by atoms with Gasteiger partial charge in [-0.25, -0.2) is 9.59 Å². The van der Waals surface area contributed by atoms with E-state index in [1.165, 1.54) is 14.2 Å². The van der Waals surface area contributed by atoms with Gasteiger partial charge >= 0.3 is 11.9 Å². The van der Waals surface area contributed by atoms with Gasteiger partial charge in [0.1, 0.15) is 0 Å². The van der Waals surface area contributed by atoms with Gasteiger partial charge in [-0.15, -0.1) is 0 Å². The van der Waals surface area contributed by atoms with E-state index in [-0.39, 0.29) is 11.1 Å². The van der Waals surface area contributed by atoms with Crippen LogP contribution in [-0.2, 0) is 22.3 Å². The van der Waals surface area contributed by atoms with E-state index in [1.807, 2.05) is 0 Å². The Bertz CT molecular complexity index is 770. The number of benzene rings is 1. The molecule has 2 aromatic rings. The monoisotopic (exact) mass is 285 g/mol. The summed E-state index contributed by atoms with van der Waals surface area (Å²) in [6.45, 7) is 0. The van der Waals surface area contributed by atoms with Gasteiger partial charge in [0.2, 0.25) is 0 Å². The van der Waals surface area contributed by atoms with Crippen LogP contribution in [0.25, 0.3) is 10.9 Å². The second-order valence-electron chi connectivity index (χ2n) is 4.89. The number of carbonyl (C=O) groups excluding carboxylic acids is 2. The highest BCUT2D eigenvalue weighted by Gasteiger charge is 2.22. The third-order valence-electron chi connectivity index (χ3n) is 3.75. The van der Waals surface area contributed by atoms with Crippen LogP contribution in [-0.4, -0.2) is 31.1 Å². The Balaban J connectivity index is 2.26. The summed E-state index contributed by atoms with van der Waals surface area (Å²) < 4.78 is 9.52. The average Bonchev–Trinajstić information content (AvgIpc) is 2.89. The molecular formula is C16H15NO4. The van der Waals surface area contributed by atoms with E-state index in [0.29, 0.717) is 0 Å². The van der Waals surface area contributed by atoms with E-state index in [2.05, 4.69) is 17.1 Å². The molecule has 0 saturated heterocycles. The van der Waals surface area contributed by atoms with E-state index < -0.39 is 11.9 Å². The Morgan fingerprint density at radius 3 is 2.29 bits per heavy atom. The number of aromatic nitrogens is 1. The number of ether oxygens (including phenoxy) is 2. The minimum Gasteiger partial charge on any atom is -0.465 e. The molecule has 0 atom stereocenters. The standard InChI is InChI=1S/C16H15NO4/c1-20-15(18)11-7-10-9-5-3-4-6-13(9)17-14(10)8-12(11)16(19)21-2/h3-4,7-8,17H,5-6H2,1-2H3. The molecule has 0 bridgehead atoms. The van der Waals surface area contributed by atoms with Gasteiger partial charge in [0.25, 0.3) is 0 Å². The summed E-state index contributed by atoms with van der Waals surface area (Å²) in [6, 6.07) is 3.37. The third-order valence-corrected chi connectivity index (χ3v) is 3.75. The van der Waals surface area contributed by atoms with E-state index in [1.54, 1.807) is 12.1 Å². The molecule has 21 heavy (non-hydrogen) atoms. The lowest BCUT2D eigenvalue weighted by atomic mass is 9.98. The number of hydrogen-bond acceptors (Lipinski definition) is 4. The van der Waals surface area contributed by atoms with Crippen LogP contribution in [0.1, 0.15) is 32.0 Å². The molecular weight excluding hydrogens is 270 g/mol. The quantitative estimate of drug-likeness (QED) is 0.679. The summed E-state index contributed by atoms with van der Waals surface area (Å²) in [4.78, 5) is 27.1. The van der Waals surface area contributed by atoms with Crippen molar-refractivity contribution in [2.24, 2.45) is 0 Å². The van der Waals surface area contributed by atoms with E-state index in [0.717, 1.165) is 35.0 Å². The summed E-state index contributed by atoms with van der Waals surface area (Å²) >= 11 is 0. The number of aromatic amines is 1. The van der Waals surface area contributed by atoms with Gasteiger partial charge < -0.3 is 14.5 Å². The SMILES string of the molecule is COC(=O)c1cc2[nH]c3c(c2cc1C(=O)OC)CC=CC3. The fourth-order valence-corrected chi connectivity index (χ4v) is 2.72. The van der Waals surface area contributed by atoms with Crippen LogP contribution in [0.4, 0.5) is 0 Å². The molecule has 0 spiro atoms. The maximum Gasteiger partial charge on any atom is 0.338 e. The van der Waals surface area contributed by atoms with Gasteiger partial charge in [-0.2, -0.15) is 0 Å². The predicted octanol–water partition coefficient (Wildman–Crippen LogP) is 2.40. The molecule has 1 aromatic carbocycles. The molecule has 0 unspecified atom stereocenters. The number of fused-ring (bicyclic) bond motifs is 3. The van der Waals surface area contributed by atoms with Gasteiger partial charge in [0.15, 0.2) is 0 Å². The minimum absolute atomic E-state index is 0.211. The van der Waals surface area contributed by atoms with Crippen molar-refractivity contribution >= 4 is 22.8 Å². The first-order valence-corrected chi connectivity index (χ1v) is 6.64. The molecule has 5 heteroatoms. The fourth-order valence-electron chi connectivity index (χ4n) is 2.72. The zero-order valence-electron chi connectivity index (χ0n) is 11.9. The molecule has 3 rings (SSSR count). The first-order valence-electron chi connectivity index (χ1n) is 6.64. The van der Waals surface area contributed by atoms with Crippen LogP contribution in [0.15, 0.2) is 24.3 Å². The lowest BCUT2D eigenvalue weighted by Gasteiger charge is -2.08. The molecule has 5 nitrogen and oxygen atoms in total. The van der Waals surface area contributed by atoms with E-state index >= 15 is 0 Å². The highest BCUT2D eigenvalue weighted by Crippen LogP contribution is 2.29. The first-order chi connectivity index (χ1) is 10.2. The van der Waals surface area contributed by atoms with E-state index in [4.69, 9.17) is 9.47 Å². The number of hydrogen-bond donors (Lipinski definition) is 1. The van der Waals surface area contributed by atoms with E-state index in [9.17, 15) is 9.59 Å². The lowest BCUT2D eigenvalue weighted by Crippen LogP contribution is -2.11. The number of nitrogens with one attached hydrogen (secondary N) is 1. The third kappa shape index (κ3) is 2.11. The Labute approximate surface area is 121 Å². The largest absolute Gasteiger partial charge is 0.465 e. The van der Waals surface area contributed by atoms with Crippen LogP contribution in [0.3, 0.4) is 0 Å². The van der Waals surface area contributed by atoms with Crippen LogP contribution < -0.4 is 0 Å². The molecule has 0 fully saturated rings. The Morgan fingerprint density at radius 1 is 1.00 bits per heavy atom.